The van der Waals surface area contributed by atoms with Gasteiger partial charge in [0.2, 0.25) is 0 Å². The van der Waals surface area contributed by atoms with Crippen molar-refractivity contribution >= 4 is 40.5 Å². The highest BCUT2D eigenvalue weighted by atomic mass is 35.5. The van der Waals surface area contributed by atoms with Crippen molar-refractivity contribution < 1.29 is 22.8 Å². The molecule has 0 heterocycles. The number of nitrogen functional groups attached to an aromatic ring is 1. The molecule has 2 rings (SSSR count). The van der Waals surface area contributed by atoms with Crippen molar-refractivity contribution in [1.29, 1.82) is 0 Å². The fraction of sp³-hybridized carbons (Fsp3) is 0.0667. The lowest BCUT2D eigenvalue weighted by Gasteiger charge is -2.10. The van der Waals surface area contributed by atoms with Crippen LogP contribution in [0.4, 0.5) is 30.2 Å². The zero-order valence-corrected chi connectivity index (χ0v) is 12.7. The first-order chi connectivity index (χ1) is 11.2. The Labute approximate surface area is 139 Å². The highest BCUT2D eigenvalue weighted by Gasteiger charge is 2.30. The molecule has 2 aromatic rings. The van der Waals surface area contributed by atoms with E-state index >= 15 is 0 Å². The molecule has 2 aromatic carbocycles. The topological polar surface area (TPSA) is 84.2 Å². The van der Waals surface area contributed by atoms with Crippen LogP contribution < -0.4 is 16.4 Å². The van der Waals surface area contributed by atoms with E-state index in [2.05, 4.69) is 10.6 Å². The summed E-state index contributed by atoms with van der Waals surface area (Å²) in [4.78, 5) is 23.6. The van der Waals surface area contributed by atoms with Crippen molar-refractivity contribution in [2.45, 2.75) is 6.18 Å². The van der Waals surface area contributed by atoms with Crippen LogP contribution in [0.3, 0.4) is 0 Å². The molecular formula is C15H11ClF3N3O2. The average molecular weight is 358 g/mol. The van der Waals surface area contributed by atoms with Gasteiger partial charge in [0.05, 0.1) is 16.3 Å². The number of nitrogens with one attached hydrogen (secondary N) is 2. The number of rotatable bonds is 2. The van der Waals surface area contributed by atoms with Crippen molar-refractivity contribution in [2.75, 3.05) is 16.4 Å². The molecule has 24 heavy (non-hydrogen) atoms. The summed E-state index contributed by atoms with van der Waals surface area (Å²) in [6, 6.07) is 7.98. The third-order valence-corrected chi connectivity index (χ3v) is 3.23. The van der Waals surface area contributed by atoms with Crippen LogP contribution in [0, 0.1) is 0 Å². The smallest absolute Gasteiger partial charge is 0.399 e. The van der Waals surface area contributed by atoms with Crippen LogP contribution in [0.15, 0.2) is 42.5 Å². The normalized spacial score (nSPS) is 11.0. The maximum atomic E-state index is 12.4. The lowest BCUT2D eigenvalue weighted by atomic mass is 10.2. The van der Waals surface area contributed by atoms with Gasteiger partial charge in [-0.25, -0.2) is 0 Å². The minimum atomic E-state index is -4.48. The van der Waals surface area contributed by atoms with E-state index in [1.54, 1.807) is 0 Å². The zero-order chi connectivity index (χ0) is 17.9. The first kappa shape index (κ1) is 17.6. The monoisotopic (exact) mass is 357 g/mol. The molecule has 0 aliphatic rings. The van der Waals surface area contributed by atoms with Gasteiger partial charge in [0.25, 0.3) is 0 Å². The minimum absolute atomic E-state index is 0.0477. The lowest BCUT2D eigenvalue weighted by molar-refractivity contribution is -0.137. The number of hydrogen-bond acceptors (Lipinski definition) is 3. The molecule has 0 aliphatic heterocycles. The second kappa shape index (κ2) is 6.79. The van der Waals surface area contributed by atoms with Crippen LogP contribution in [0.2, 0.25) is 5.02 Å². The molecule has 4 N–H and O–H groups in total. The maximum absolute atomic E-state index is 12.4. The summed E-state index contributed by atoms with van der Waals surface area (Å²) in [6.07, 6.45) is -4.48. The molecule has 0 saturated heterocycles. The third-order valence-electron chi connectivity index (χ3n) is 2.92. The predicted octanol–water partition coefficient (Wildman–Crippen LogP) is 3.52. The van der Waals surface area contributed by atoms with Gasteiger partial charge in [-0.05, 0) is 42.5 Å². The Morgan fingerprint density at radius 3 is 2.08 bits per heavy atom. The second-order valence-corrected chi connectivity index (χ2v) is 5.13. The van der Waals surface area contributed by atoms with Gasteiger partial charge in [0, 0.05) is 11.4 Å². The number of hydrogen-bond donors (Lipinski definition) is 3. The van der Waals surface area contributed by atoms with Gasteiger partial charge >= 0.3 is 18.0 Å². The molecule has 0 radical (unpaired) electrons. The molecule has 2 amide bonds. The standard InChI is InChI=1S/C15H11ClF3N3O2/c16-11-7-9(20)3-6-12(11)22-14(24)13(23)21-10-4-1-8(2-5-10)15(17,18)19/h1-7H,20H2,(H,21,23)(H,22,24). The van der Waals surface area contributed by atoms with Crippen LogP contribution in [-0.2, 0) is 15.8 Å². The van der Waals surface area contributed by atoms with Gasteiger partial charge in [0.1, 0.15) is 0 Å². The van der Waals surface area contributed by atoms with E-state index in [9.17, 15) is 22.8 Å². The lowest BCUT2D eigenvalue weighted by Crippen LogP contribution is -2.29. The van der Waals surface area contributed by atoms with Crippen LogP contribution in [0.5, 0.6) is 0 Å². The number of amides is 2. The highest BCUT2D eigenvalue weighted by Crippen LogP contribution is 2.29. The number of anilines is 3. The quantitative estimate of drug-likeness (QED) is 0.568. The number of carbonyl (C=O) groups excluding carboxylic acids is 2. The molecule has 0 aromatic heterocycles. The molecule has 0 spiro atoms. The van der Waals surface area contributed by atoms with Gasteiger partial charge in [0.15, 0.2) is 0 Å². The molecule has 126 valence electrons. The van der Waals surface area contributed by atoms with E-state index in [-0.39, 0.29) is 16.4 Å². The Bertz CT molecular complexity index is 777. The summed E-state index contributed by atoms with van der Waals surface area (Å²) in [5, 5.41) is 4.60. The van der Waals surface area contributed by atoms with Crippen molar-refractivity contribution in [3.05, 3.63) is 53.1 Å². The molecule has 0 bridgehead atoms. The number of carbonyl (C=O) groups is 2. The average Bonchev–Trinajstić information content (AvgIpc) is 2.49. The summed E-state index contributed by atoms with van der Waals surface area (Å²) in [7, 11) is 0. The maximum Gasteiger partial charge on any atom is 0.416 e. The summed E-state index contributed by atoms with van der Waals surface area (Å²) in [5.74, 6) is -2.08. The molecular weight excluding hydrogens is 347 g/mol. The number of alkyl halides is 3. The first-order valence-electron chi connectivity index (χ1n) is 6.51. The van der Waals surface area contributed by atoms with Crippen molar-refractivity contribution in [3.8, 4) is 0 Å². The van der Waals surface area contributed by atoms with Crippen molar-refractivity contribution in [2.24, 2.45) is 0 Å². The summed E-state index contributed by atoms with van der Waals surface area (Å²) >= 11 is 5.87. The molecule has 0 aliphatic carbocycles. The summed E-state index contributed by atoms with van der Waals surface area (Å²) < 4.78 is 37.3. The van der Waals surface area contributed by atoms with Crippen LogP contribution in [0.1, 0.15) is 5.56 Å². The summed E-state index contributed by atoms with van der Waals surface area (Å²) in [6.45, 7) is 0. The van der Waals surface area contributed by atoms with Gasteiger partial charge in [-0.1, -0.05) is 11.6 Å². The molecule has 9 heteroatoms. The van der Waals surface area contributed by atoms with Crippen molar-refractivity contribution in [1.82, 2.24) is 0 Å². The van der Waals surface area contributed by atoms with Gasteiger partial charge in [-0.15, -0.1) is 0 Å². The molecule has 0 unspecified atom stereocenters. The molecule has 0 fully saturated rings. The Morgan fingerprint density at radius 1 is 0.958 bits per heavy atom. The van der Waals surface area contributed by atoms with E-state index in [1.165, 1.54) is 18.2 Å². The van der Waals surface area contributed by atoms with Crippen LogP contribution in [0.25, 0.3) is 0 Å². The Morgan fingerprint density at radius 2 is 1.54 bits per heavy atom. The second-order valence-electron chi connectivity index (χ2n) is 4.72. The third kappa shape index (κ3) is 4.39. The highest BCUT2D eigenvalue weighted by molar-refractivity contribution is 6.44. The van der Waals surface area contributed by atoms with Crippen molar-refractivity contribution in [3.63, 3.8) is 0 Å². The Kier molecular flexibility index (Phi) is 4.99. The van der Waals surface area contributed by atoms with E-state index in [0.29, 0.717) is 5.69 Å². The molecule has 0 atom stereocenters. The van der Waals surface area contributed by atoms with E-state index in [4.69, 9.17) is 17.3 Å². The zero-order valence-electron chi connectivity index (χ0n) is 11.9. The summed E-state index contributed by atoms with van der Waals surface area (Å²) in [5.41, 5.74) is 5.25. The Hall–Kier alpha value is -2.74. The van der Waals surface area contributed by atoms with E-state index in [0.717, 1.165) is 24.3 Å². The predicted molar refractivity (Wildman–Crippen MR) is 84.6 cm³/mol. The Balaban J connectivity index is 2.02. The van der Waals surface area contributed by atoms with Gasteiger partial charge in [-0.2, -0.15) is 13.2 Å². The van der Waals surface area contributed by atoms with Crippen LogP contribution in [-0.4, -0.2) is 11.8 Å². The minimum Gasteiger partial charge on any atom is -0.399 e. The van der Waals surface area contributed by atoms with E-state index < -0.39 is 23.6 Å². The van der Waals surface area contributed by atoms with Gasteiger partial charge in [-0.3, -0.25) is 9.59 Å². The van der Waals surface area contributed by atoms with E-state index in [1.807, 2.05) is 0 Å². The fourth-order valence-electron chi connectivity index (χ4n) is 1.74. The number of halogens is 4. The largest absolute Gasteiger partial charge is 0.416 e. The van der Waals surface area contributed by atoms with Crippen LogP contribution >= 0.6 is 11.6 Å². The fourth-order valence-corrected chi connectivity index (χ4v) is 1.98. The number of benzene rings is 2. The van der Waals surface area contributed by atoms with Gasteiger partial charge < -0.3 is 16.4 Å². The SMILES string of the molecule is Nc1ccc(NC(=O)C(=O)Nc2ccc(C(F)(F)F)cc2)c(Cl)c1. The molecule has 5 nitrogen and oxygen atoms in total. The first-order valence-corrected chi connectivity index (χ1v) is 6.89. The number of nitrogens with two attached hydrogens (primary N) is 1. The molecule has 0 saturated carbocycles.